The van der Waals surface area contributed by atoms with Gasteiger partial charge in [0.15, 0.2) is 45.7 Å². The number of hydrogen-bond acceptors (Lipinski definition) is 37. The van der Waals surface area contributed by atoms with Crippen molar-refractivity contribution in [3.8, 4) is 0 Å². The summed E-state index contributed by atoms with van der Waals surface area (Å²) < 4.78 is 42.0. The van der Waals surface area contributed by atoms with E-state index in [1.54, 1.807) is 98.7 Å². The van der Waals surface area contributed by atoms with E-state index >= 15 is 0 Å². The van der Waals surface area contributed by atoms with Crippen LogP contribution < -0.4 is 34.0 Å². The molecule has 144 heavy (non-hydrogen) atoms. The summed E-state index contributed by atoms with van der Waals surface area (Å²) in [6.07, 6.45) is 33.3. The first-order valence-corrected chi connectivity index (χ1v) is 69.4. The molecule has 23 N–H and O–H groups in total. The van der Waals surface area contributed by atoms with E-state index in [0.717, 1.165) is 48.1 Å². The van der Waals surface area contributed by atoms with Crippen LogP contribution in [0.25, 0.3) is 0 Å². The Labute approximate surface area is 856 Å². The molecule has 0 radical (unpaired) electrons. The van der Waals surface area contributed by atoms with Crippen molar-refractivity contribution in [3.05, 3.63) is 147 Å². The summed E-state index contributed by atoms with van der Waals surface area (Å²) in [7, 11) is -1.97. The molecule has 45 heteroatoms. The fourth-order valence-electron chi connectivity index (χ4n) is 16.5. The Balaban J connectivity index is 0.000000235. The number of ether oxygens (including phenoxy) is 6. The van der Waals surface area contributed by atoms with E-state index in [4.69, 9.17) is 61.5 Å². The van der Waals surface area contributed by atoms with Crippen molar-refractivity contribution in [2.45, 2.75) is 271 Å². The number of carbonyl (C=O) groups excluding carboxylic acids is 1. The Hall–Kier alpha value is -6.57. The molecule has 0 bridgehead atoms. The first-order valence-electron chi connectivity index (χ1n) is 48.2. The lowest BCUT2D eigenvalue weighted by Crippen LogP contribution is -2.51. The third kappa shape index (κ3) is 33.7. The molecule has 0 aromatic heterocycles. The van der Waals surface area contributed by atoms with Crippen molar-refractivity contribution in [2.75, 3.05) is 124 Å². The summed E-state index contributed by atoms with van der Waals surface area (Å²) in [6.45, 7) is 62.8. The van der Waals surface area contributed by atoms with E-state index in [1.165, 1.54) is 6.92 Å². The van der Waals surface area contributed by atoms with Gasteiger partial charge in [0.2, 0.25) is 5.91 Å². The Morgan fingerprint density at radius 1 is 0.438 bits per heavy atom. The maximum atomic E-state index is 11.3. The Morgan fingerprint density at radius 2 is 0.750 bits per heavy atom. The zero-order valence-electron chi connectivity index (χ0n) is 89.3. The van der Waals surface area contributed by atoms with E-state index in [2.05, 4.69) is 226 Å². The van der Waals surface area contributed by atoms with Gasteiger partial charge >= 0.3 is 0 Å². The van der Waals surface area contributed by atoms with Crippen molar-refractivity contribution in [1.29, 1.82) is 0 Å². The average molecular weight is 2150 g/mol. The number of amides is 1. The van der Waals surface area contributed by atoms with E-state index < -0.39 is 195 Å². The molecule has 0 spiro atoms. The fraction of sp³-hybridized carbons (Fsp3) is 0.626. The van der Waals surface area contributed by atoms with Gasteiger partial charge in [-0.15, -0.1) is 79.1 Å². The van der Waals surface area contributed by atoms with E-state index in [0.29, 0.717) is 127 Å². The number of aliphatic imine (C=N–C) groups is 6. The van der Waals surface area contributed by atoms with Crippen molar-refractivity contribution in [1.82, 2.24) is 34.7 Å². The van der Waals surface area contributed by atoms with Crippen LogP contribution in [0.2, 0.25) is 18.1 Å². The first-order chi connectivity index (χ1) is 65.7. The number of nitrogens with two attached hydrogens (primary N) is 5. The standard InChI is InChI=1S/C21H40N3O4PSi.C18H30N3O4P.4C15H26N3O3P/c1-14-23-19(22)15(13-27-30(8,9)21(2,3)4)12-24(14)20-18(26)17(25)16(28-20)10-11-29(5,6)7;1-7-13-10-21(11(2)19-17(13)20-12(3)22)18-16(24)15(23)14(25-18)8-9-26(4,5)6;2*1-10-17-12(16)6-8-18(10)14-15(2,20)13(19)11(21-14)7-9-22(3,4)5;1-10-17-11(16)6-8-18(10)14-12(19)13(20)15(2,21-14)7-9-22(3,4)5;1-9-8-18(10(2)17-14(9)16)15-13(20)12(19)11(21-15)6-7-22(3,4)5/h12,16-18,20,25-26H,1,5,10-11,13H2,2-4,6-9H3,(H2,22,23);10,14-16,18,23-24H,2,4,7-9H2,1,3,5-6H3,(H,19,20,22);2*6,8,11,13-14,19-20H,1,3,7,9H2,2,4-5H3,(H2,16,17);6,8,12-14,19-20H,1,3,7,9H2,2,4-5H3,(H2,16,17);8,11-13,15,19-20H,2-3,6-7H2,1,4-5H3,(H2,16,17)/t16?,17-,18-,20-;14?,15-,16-,18-;11?,13-,14-,15+;11?,13-,14-,15-;12-,13+,14-,15-;11?,12-,13-,15-/m111111/s1. The highest BCUT2D eigenvalue weighted by molar-refractivity contribution is 7.73. The molecule has 5 unspecified atom stereocenters. The second kappa shape index (κ2) is 49.2. The maximum absolute atomic E-state index is 11.3. The van der Waals surface area contributed by atoms with Crippen LogP contribution in [-0.2, 0) is 37.6 Å². The van der Waals surface area contributed by atoms with Crippen LogP contribution in [0, 0.1) is 0 Å². The van der Waals surface area contributed by atoms with E-state index in [9.17, 15) is 66.1 Å². The number of nitrogens with one attached hydrogen (secondary N) is 1. The second-order valence-electron chi connectivity index (χ2n) is 45.1. The van der Waals surface area contributed by atoms with Crippen molar-refractivity contribution in [2.24, 2.45) is 58.6 Å². The summed E-state index contributed by atoms with van der Waals surface area (Å²) in [6, 6.07) is 0. The third-order valence-corrected chi connectivity index (χ3v) is 39.9. The third-order valence-electron chi connectivity index (χ3n) is 26.6. The monoisotopic (exact) mass is 2150 g/mol. The SMILES string of the molecule is C=C1N=C(N)C(C)=CN1[C@@H]1OC(CCP(=C)(C)C)[C@@H](O)[C@H]1O.C=C1N=C(N)C(CO[Si](C)(C)C(C)(C)C)=CN1[C@@H]1OC(CCP(=C)(C)C)[C@@H](O)[C@H]1O.C=C1N=C(N)C=CN1[C@@H]1OC(CCP(=C)(C)C)[C@@H](O)[C@@]1(C)O.C=C1N=C(N)C=CN1[C@@H]1OC(CCP(=C)(C)C)[C@@H](O)[C@]1(C)O.C=C1N=C(N)C=CN1[C@@H]1O[C@](C)(CCP(=C)(C)C)[C@@H](O)[C@H]1O.C=C1N=C(NC(C)=O)C(CC)=CN1[C@@H]1OC(CCP(=C)(C)C)[C@@H](O)[C@H]1O. The highest BCUT2D eigenvalue weighted by Crippen LogP contribution is 2.49. The topological polar surface area (TPSA) is 560 Å². The van der Waals surface area contributed by atoms with Crippen LogP contribution in [0.3, 0.4) is 0 Å². The highest BCUT2D eigenvalue weighted by Gasteiger charge is 2.58. The van der Waals surface area contributed by atoms with Crippen LogP contribution in [0.5, 0.6) is 0 Å². The van der Waals surface area contributed by atoms with Gasteiger partial charge in [-0.25, -0.2) is 30.0 Å². The quantitative estimate of drug-likeness (QED) is 0.0313. The van der Waals surface area contributed by atoms with Gasteiger partial charge in [-0.05, 0) is 226 Å². The Morgan fingerprint density at radius 3 is 1.08 bits per heavy atom. The van der Waals surface area contributed by atoms with Gasteiger partial charge in [0, 0.05) is 60.8 Å². The molecule has 814 valence electrons. The van der Waals surface area contributed by atoms with Crippen LogP contribution >= 0.6 is 41.3 Å². The van der Waals surface area contributed by atoms with Gasteiger partial charge in [-0.2, -0.15) is 0 Å². The Kier molecular flexibility index (Phi) is 42.5. The predicted molar refractivity (Wildman–Crippen MR) is 606 cm³/mol. The van der Waals surface area contributed by atoms with Crippen LogP contribution in [0.4, 0.5) is 0 Å². The summed E-state index contributed by atoms with van der Waals surface area (Å²) in [5, 5.41) is 128. The van der Waals surface area contributed by atoms with Crippen LogP contribution in [0.1, 0.15) is 107 Å². The summed E-state index contributed by atoms with van der Waals surface area (Å²) in [5.41, 5.74) is 27.3. The normalized spacial score (nSPS) is 32.7. The number of nitrogens with zero attached hydrogens (tertiary/aromatic N) is 12. The minimum atomic E-state index is -1.97. The molecule has 12 rings (SSSR count). The second-order valence-corrected chi connectivity index (χ2v) is 75.8. The number of aliphatic hydroxyl groups excluding tert-OH is 10. The van der Waals surface area contributed by atoms with E-state index in [-0.39, 0.29) is 10.9 Å². The first kappa shape index (κ1) is 124. The molecule has 0 aromatic carbocycles. The molecule has 6 saturated heterocycles. The zero-order chi connectivity index (χ0) is 109. The molecule has 24 atom stereocenters. The number of hydrogen-bond donors (Lipinski definition) is 18. The zero-order valence-corrected chi connectivity index (χ0v) is 95.6. The van der Waals surface area contributed by atoms with Gasteiger partial charge in [0.25, 0.3) is 0 Å². The molecule has 1 amide bonds. The number of rotatable bonds is 28. The molecular weight excluding hydrogens is 1980 g/mol. The summed E-state index contributed by atoms with van der Waals surface area (Å²) in [5.74, 6) is 4.27. The fourth-order valence-corrected chi connectivity index (χ4v) is 23.2. The van der Waals surface area contributed by atoms with Crippen molar-refractivity contribution < 1.29 is 98.9 Å². The molecule has 12 aliphatic rings. The lowest BCUT2D eigenvalue weighted by Gasteiger charge is -2.37. The van der Waals surface area contributed by atoms with Crippen LogP contribution in [0.15, 0.2) is 177 Å². The lowest BCUT2D eigenvalue weighted by molar-refractivity contribution is -0.117. The molecule has 12 aliphatic heterocycles. The summed E-state index contributed by atoms with van der Waals surface area (Å²) in [4.78, 5) is 46.1. The molecule has 0 aliphatic carbocycles. The molecule has 12 heterocycles. The minimum Gasteiger partial charge on any atom is -0.412 e. The van der Waals surface area contributed by atoms with Crippen molar-refractivity contribution in [3.63, 3.8) is 0 Å². The number of aliphatic hydroxyl groups is 12. The number of amidine groups is 6. The smallest absolute Gasteiger partial charge is 0.222 e. The molecule has 6 fully saturated rings. The van der Waals surface area contributed by atoms with Crippen molar-refractivity contribution >= 4 is 128 Å². The maximum Gasteiger partial charge on any atom is 0.222 e. The van der Waals surface area contributed by atoms with Gasteiger partial charge < -0.3 is 158 Å². The van der Waals surface area contributed by atoms with Gasteiger partial charge in [0.05, 0.1) is 42.7 Å². The predicted octanol–water partition coefficient (Wildman–Crippen LogP) is 6.05. The van der Waals surface area contributed by atoms with E-state index in [1.807, 2.05) is 20.8 Å². The highest BCUT2D eigenvalue weighted by atomic mass is 31.2. The van der Waals surface area contributed by atoms with Crippen LogP contribution in [-0.4, -0.2) is 447 Å². The average Bonchev–Trinajstić information content (AvgIpc) is 1.60. The lowest BCUT2D eigenvalue weighted by atomic mass is 9.94. The summed E-state index contributed by atoms with van der Waals surface area (Å²) >= 11 is 0. The number of carbonyl (C=O) groups is 1. The van der Waals surface area contributed by atoms with Gasteiger partial charge in [-0.3, -0.25) is 4.79 Å². The molecule has 38 nitrogen and oxygen atoms in total. The minimum absolute atomic E-state index is 0.0735. The molecule has 0 saturated carbocycles. The van der Waals surface area contributed by atoms with Gasteiger partial charge in [-0.1, -0.05) is 67.2 Å². The molecule has 0 aromatic rings. The molecular formula is C99H174N18O20P6Si. The Bertz CT molecular complexity index is 5280. The van der Waals surface area contributed by atoms with Gasteiger partial charge in [0.1, 0.15) is 142 Å². The largest absolute Gasteiger partial charge is 0.412 e.